The molecule has 0 unspecified atom stereocenters. The Labute approximate surface area is 137 Å². The first-order chi connectivity index (χ1) is 9.75. The molecule has 0 aliphatic rings. The van der Waals surface area contributed by atoms with Crippen molar-refractivity contribution in [3.05, 3.63) is 27.2 Å². The third-order valence-corrected chi connectivity index (χ3v) is 4.26. The number of carboxylic acids is 1. The summed E-state index contributed by atoms with van der Waals surface area (Å²) >= 11 is 17.6. The molecule has 0 aromatic heterocycles. The lowest BCUT2D eigenvalue weighted by Gasteiger charge is -2.28. The maximum Gasteiger partial charge on any atom is 0.329 e. The van der Waals surface area contributed by atoms with Crippen molar-refractivity contribution in [2.45, 2.75) is 32.2 Å². The van der Waals surface area contributed by atoms with Crippen LogP contribution in [0, 0.1) is 0 Å². The van der Waals surface area contributed by atoms with E-state index < -0.39 is 17.5 Å². The lowest BCUT2D eigenvalue weighted by atomic mass is 9.93. The molecule has 3 N–H and O–H groups in total. The van der Waals surface area contributed by atoms with E-state index in [-0.39, 0.29) is 33.6 Å². The molecule has 8 heteroatoms. The van der Waals surface area contributed by atoms with Gasteiger partial charge in [0.1, 0.15) is 5.54 Å². The van der Waals surface area contributed by atoms with Gasteiger partial charge < -0.3 is 15.7 Å². The van der Waals surface area contributed by atoms with Crippen LogP contribution in [0.5, 0.6) is 0 Å². The molecule has 0 aliphatic carbocycles. The zero-order chi connectivity index (χ0) is 16.2. The monoisotopic (exact) mass is 352 g/mol. The van der Waals surface area contributed by atoms with Gasteiger partial charge in [0.2, 0.25) is 0 Å². The molecule has 0 atom stereocenters. The van der Waals surface area contributed by atoms with E-state index in [2.05, 4.69) is 10.6 Å². The zero-order valence-corrected chi connectivity index (χ0v) is 13.7. The topological polar surface area (TPSA) is 78.4 Å². The van der Waals surface area contributed by atoms with Crippen molar-refractivity contribution in [1.82, 2.24) is 5.32 Å². The molecule has 0 saturated carbocycles. The van der Waals surface area contributed by atoms with Gasteiger partial charge in [-0.05, 0) is 25.0 Å². The van der Waals surface area contributed by atoms with Crippen LogP contribution in [0.3, 0.4) is 0 Å². The van der Waals surface area contributed by atoms with E-state index in [0.717, 1.165) is 0 Å². The van der Waals surface area contributed by atoms with Gasteiger partial charge in [0.05, 0.1) is 20.8 Å². The van der Waals surface area contributed by atoms with Crippen molar-refractivity contribution >= 4 is 52.5 Å². The number of nitrogens with one attached hydrogen (secondary N) is 2. The second-order valence-corrected chi connectivity index (χ2v) is 5.64. The summed E-state index contributed by atoms with van der Waals surface area (Å²) in [5.74, 6) is -1.09. The number of benzene rings is 1. The number of hydrogen-bond donors (Lipinski definition) is 3. The van der Waals surface area contributed by atoms with Crippen LogP contribution in [0.25, 0.3) is 0 Å². The highest BCUT2D eigenvalue weighted by molar-refractivity contribution is 6.44. The quantitative estimate of drug-likeness (QED) is 0.686. The van der Waals surface area contributed by atoms with E-state index in [9.17, 15) is 14.7 Å². The number of anilines is 1. The van der Waals surface area contributed by atoms with Crippen LogP contribution in [0.2, 0.25) is 15.1 Å². The first kappa shape index (κ1) is 17.9. The van der Waals surface area contributed by atoms with E-state index in [1.165, 1.54) is 12.1 Å². The summed E-state index contributed by atoms with van der Waals surface area (Å²) in [6.45, 7) is 3.37. The van der Waals surface area contributed by atoms with Gasteiger partial charge in [-0.1, -0.05) is 48.7 Å². The van der Waals surface area contributed by atoms with E-state index in [1.807, 2.05) is 0 Å². The molecule has 0 fully saturated rings. The molecule has 116 valence electrons. The first-order valence-electron chi connectivity index (χ1n) is 6.22. The molecule has 0 aliphatic heterocycles. The molecule has 5 nitrogen and oxygen atoms in total. The Morgan fingerprint density at radius 2 is 1.62 bits per heavy atom. The minimum absolute atomic E-state index is 0.202. The Bertz CT molecular complexity index is 560. The fraction of sp³-hybridized carbons (Fsp3) is 0.385. The number of hydrogen-bond acceptors (Lipinski definition) is 2. The van der Waals surface area contributed by atoms with Gasteiger partial charge >= 0.3 is 12.0 Å². The Morgan fingerprint density at radius 1 is 1.10 bits per heavy atom. The van der Waals surface area contributed by atoms with Gasteiger partial charge in [0.15, 0.2) is 0 Å². The Hall–Kier alpha value is -1.17. The molecule has 2 amide bonds. The second kappa shape index (κ2) is 7.20. The molecule has 0 heterocycles. The van der Waals surface area contributed by atoms with Crippen molar-refractivity contribution in [1.29, 1.82) is 0 Å². The number of carbonyl (C=O) groups excluding carboxylic acids is 1. The summed E-state index contributed by atoms with van der Waals surface area (Å²) in [6, 6.07) is 2.11. The van der Waals surface area contributed by atoms with Crippen molar-refractivity contribution < 1.29 is 14.7 Å². The van der Waals surface area contributed by atoms with Gasteiger partial charge in [-0.25, -0.2) is 9.59 Å². The van der Waals surface area contributed by atoms with Crippen molar-refractivity contribution in [2.24, 2.45) is 0 Å². The first-order valence-corrected chi connectivity index (χ1v) is 7.36. The lowest BCUT2D eigenvalue weighted by Crippen LogP contribution is -2.55. The molecule has 0 saturated heterocycles. The second-order valence-electron chi connectivity index (χ2n) is 4.42. The smallest absolute Gasteiger partial charge is 0.329 e. The average molecular weight is 354 g/mol. The van der Waals surface area contributed by atoms with Gasteiger partial charge in [0.25, 0.3) is 0 Å². The molecule has 1 aromatic rings. The van der Waals surface area contributed by atoms with Crippen molar-refractivity contribution in [3.8, 4) is 0 Å². The van der Waals surface area contributed by atoms with Crippen LogP contribution in [0.4, 0.5) is 10.5 Å². The van der Waals surface area contributed by atoms with Crippen LogP contribution in [-0.4, -0.2) is 22.6 Å². The SMILES string of the molecule is CCC(CC)(NC(=O)Nc1cc(Cl)c(Cl)cc1Cl)C(=O)O. The molecule has 0 spiro atoms. The molecule has 0 radical (unpaired) electrons. The highest BCUT2D eigenvalue weighted by Crippen LogP contribution is 2.32. The van der Waals surface area contributed by atoms with E-state index in [1.54, 1.807) is 13.8 Å². The van der Waals surface area contributed by atoms with Crippen LogP contribution >= 0.6 is 34.8 Å². The van der Waals surface area contributed by atoms with Gasteiger partial charge in [-0.2, -0.15) is 0 Å². The number of carbonyl (C=O) groups is 2. The summed E-state index contributed by atoms with van der Waals surface area (Å²) in [7, 11) is 0. The number of carboxylic acid groups (broad SMARTS) is 1. The number of halogens is 3. The van der Waals surface area contributed by atoms with Crippen molar-refractivity contribution in [3.63, 3.8) is 0 Å². The summed E-state index contributed by atoms with van der Waals surface area (Å²) in [4.78, 5) is 23.3. The van der Waals surface area contributed by atoms with Gasteiger partial charge in [-0.15, -0.1) is 0 Å². The summed E-state index contributed by atoms with van der Waals surface area (Å²) in [5.41, 5.74) is -1.08. The number of amides is 2. The highest BCUT2D eigenvalue weighted by atomic mass is 35.5. The molecular weight excluding hydrogens is 339 g/mol. The van der Waals surface area contributed by atoms with E-state index in [0.29, 0.717) is 0 Å². The fourth-order valence-electron chi connectivity index (χ4n) is 1.77. The molecular formula is C13H15Cl3N2O3. The van der Waals surface area contributed by atoms with Crippen LogP contribution < -0.4 is 10.6 Å². The predicted molar refractivity (Wildman–Crippen MR) is 84.6 cm³/mol. The summed E-state index contributed by atoms with van der Waals surface area (Å²) < 4.78 is 0. The maximum absolute atomic E-state index is 12.0. The third-order valence-electron chi connectivity index (χ3n) is 3.23. The van der Waals surface area contributed by atoms with Crippen molar-refractivity contribution in [2.75, 3.05) is 5.32 Å². The number of rotatable bonds is 5. The summed E-state index contributed by atoms with van der Waals surface area (Å²) in [6.07, 6.45) is 0.503. The molecule has 0 bridgehead atoms. The minimum atomic E-state index is -1.33. The summed E-state index contributed by atoms with van der Waals surface area (Å²) in [5, 5.41) is 14.9. The average Bonchev–Trinajstić information content (AvgIpc) is 2.42. The van der Waals surface area contributed by atoms with Gasteiger partial charge in [0, 0.05) is 0 Å². The van der Waals surface area contributed by atoms with Crippen LogP contribution in [0.15, 0.2) is 12.1 Å². The fourth-order valence-corrected chi connectivity index (χ4v) is 2.37. The Kier molecular flexibility index (Phi) is 6.13. The standard InChI is InChI=1S/C13H15Cl3N2O3/c1-3-13(4-2,11(19)20)18-12(21)17-10-6-8(15)7(14)5-9(10)16/h5-6H,3-4H2,1-2H3,(H,19,20)(H2,17,18,21). The lowest BCUT2D eigenvalue weighted by molar-refractivity contribution is -0.144. The zero-order valence-electron chi connectivity index (χ0n) is 11.5. The molecule has 1 aromatic carbocycles. The van der Waals surface area contributed by atoms with E-state index >= 15 is 0 Å². The van der Waals surface area contributed by atoms with Gasteiger partial charge in [-0.3, -0.25) is 0 Å². The maximum atomic E-state index is 12.0. The largest absolute Gasteiger partial charge is 0.480 e. The Balaban J connectivity index is 2.92. The third kappa shape index (κ3) is 4.15. The minimum Gasteiger partial charge on any atom is -0.480 e. The molecule has 1 rings (SSSR count). The normalized spacial score (nSPS) is 11.1. The predicted octanol–water partition coefficient (Wildman–Crippen LogP) is 4.41. The number of urea groups is 1. The van der Waals surface area contributed by atoms with Crippen LogP contribution in [-0.2, 0) is 4.79 Å². The van der Waals surface area contributed by atoms with Crippen LogP contribution in [0.1, 0.15) is 26.7 Å². The highest BCUT2D eigenvalue weighted by Gasteiger charge is 2.36. The van der Waals surface area contributed by atoms with E-state index in [4.69, 9.17) is 34.8 Å². The molecule has 21 heavy (non-hydrogen) atoms. The number of aliphatic carboxylic acids is 1. The Morgan fingerprint density at radius 3 is 2.10 bits per heavy atom.